The largest absolute Gasteiger partial charge is 0.289 e. The van der Waals surface area contributed by atoms with Crippen LogP contribution in [0.2, 0.25) is 0 Å². The van der Waals surface area contributed by atoms with Crippen LogP contribution < -0.4 is 0 Å². The Morgan fingerprint density at radius 1 is 0.727 bits per heavy atom. The lowest BCUT2D eigenvalue weighted by Gasteiger charge is -2.18. The average Bonchev–Trinajstić information content (AvgIpc) is 2.56. The van der Waals surface area contributed by atoms with Gasteiger partial charge in [0, 0.05) is 22.3 Å². The molecule has 22 heavy (non-hydrogen) atoms. The number of carbonyl (C=O) groups is 2. The minimum absolute atomic E-state index is 0.0272. The van der Waals surface area contributed by atoms with E-state index in [1.807, 2.05) is 24.3 Å². The lowest BCUT2D eigenvalue weighted by atomic mass is 9.83. The Kier molecular flexibility index (Phi) is 4.19. The smallest absolute Gasteiger partial charge is 0.194 e. The van der Waals surface area contributed by atoms with Crippen LogP contribution in [0.5, 0.6) is 0 Å². The van der Waals surface area contributed by atoms with Gasteiger partial charge in [0.2, 0.25) is 0 Å². The van der Waals surface area contributed by atoms with Gasteiger partial charge in [-0.1, -0.05) is 62.6 Å². The molecule has 2 aromatic rings. The van der Waals surface area contributed by atoms with E-state index in [4.69, 9.17) is 0 Å². The van der Waals surface area contributed by atoms with Crippen molar-refractivity contribution in [2.45, 2.75) is 39.0 Å². The van der Waals surface area contributed by atoms with Crippen LogP contribution in [0, 0.1) is 0 Å². The highest BCUT2D eigenvalue weighted by Gasteiger charge is 2.29. The molecule has 3 rings (SSSR count). The molecule has 0 aliphatic heterocycles. The number of hydrogen-bond acceptors (Lipinski definition) is 2. The molecule has 2 nitrogen and oxygen atoms in total. The number of carbonyl (C=O) groups excluding carboxylic acids is 2. The first kappa shape index (κ1) is 14.7. The summed E-state index contributed by atoms with van der Waals surface area (Å²) in [6, 6.07) is 12.8. The summed E-state index contributed by atoms with van der Waals surface area (Å²) in [6.07, 6.45) is 5.77. The van der Waals surface area contributed by atoms with Gasteiger partial charge in [0.15, 0.2) is 11.6 Å². The Balaban J connectivity index is 1.89. The highest BCUT2D eigenvalue weighted by Crippen LogP contribution is 2.28. The Morgan fingerprint density at radius 2 is 1.36 bits per heavy atom. The van der Waals surface area contributed by atoms with Gasteiger partial charge in [-0.05, 0) is 24.5 Å². The molecule has 0 heterocycles. The van der Waals surface area contributed by atoms with Crippen LogP contribution in [-0.4, -0.2) is 11.6 Å². The monoisotopic (exact) mass is 292 g/mol. The van der Waals surface area contributed by atoms with E-state index in [1.54, 1.807) is 18.2 Å². The topological polar surface area (TPSA) is 34.1 Å². The van der Waals surface area contributed by atoms with Crippen LogP contribution in [0.25, 0.3) is 0 Å². The molecule has 0 unspecified atom stereocenters. The van der Waals surface area contributed by atoms with Gasteiger partial charge in [0.05, 0.1) is 0 Å². The van der Waals surface area contributed by atoms with Gasteiger partial charge >= 0.3 is 0 Å². The number of hydrogen-bond donors (Lipinski definition) is 0. The number of aryl methyl sites for hydroxylation is 1. The predicted molar refractivity (Wildman–Crippen MR) is 87.6 cm³/mol. The Morgan fingerprint density at radius 3 is 2.05 bits per heavy atom. The predicted octanol–water partition coefficient (Wildman–Crippen LogP) is 4.58. The van der Waals surface area contributed by atoms with Crippen molar-refractivity contribution in [1.82, 2.24) is 0 Å². The fraction of sp³-hybridized carbons (Fsp3) is 0.300. The molecule has 0 saturated heterocycles. The summed E-state index contributed by atoms with van der Waals surface area (Å²) in [5.74, 6) is -0.0664. The zero-order valence-corrected chi connectivity index (χ0v) is 12.9. The molecule has 0 N–H and O–H groups in total. The molecule has 0 spiro atoms. The van der Waals surface area contributed by atoms with Gasteiger partial charge in [0.25, 0.3) is 0 Å². The molecular weight excluding hydrogens is 272 g/mol. The van der Waals surface area contributed by atoms with Crippen LogP contribution in [0.15, 0.2) is 42.5 Å². The van der Waals surface area contributed by atoms with Crippen molar-refractivity contribution in [3.8, 4) is 0 Å². The van der Waals surface area contributed by atoms with Crippen molar-refractivity contribution in [3.05, 3.63) is 70.3 Å². The van der Waals surface area contributed by atoms with Crippen molar-refractivity contribution < 1.29 is 9.59 Å². The maximum atomic E-state index is 12.6. The van der Waals surface area contributed by atoms with E-state index < -0.39 is 0 Å². The normalized spacial score (nSPS) is 13.0. The molecule has 0 radical (unpaired) electrons. The van der Waals surface area contributed by atoms with Crippen LogP contribution in [-0.2, 0) is 6.42 Å². The Labute approximate surface area is 131 Å². The quantitative estimate of drug-likeness (QED) is 0.645. The van der Waals surface area contributed by atoms with E-state index in [0.29, 0.717) is 22.3 Å². The first-order valence-electron chi connectivity index (χ1n) is 8.03. The zero-order chi connectivity index (χ0) is 15.5. The molecular formula is C20H20O2. The van der Waals surface area contributed by atoms with E-state index in [9.17, 15) is 9.59 Å². The van der Waals surface area contributed by atoms with Crippen molar-refractivity contribution in [1.29, 1.82) is 0 Å². The third kappa shape index (κ3) is 2.61. The summed E-state index contributed by atoms with van der Waals surface area (Å²) >= 11 is 0. The lowest BCUT2D eigenvalue weighted by molar-refractivity contribution is 0.0979. The summed E-state index contributed by atoms with van der Waals surface area (Å²) < 4.78 is 0. The molecule has 0 bridgehead atoms. The first-order valence-corrected chi connectivity index (χ1v) is 8.03. The summed E-state index contributed by atoms with van der Waals surface area (Å²) in [5.41, 5.74) is 3.31. The summed E-state index contributed by atoms with van der Waals surface area (Å²) in [7, 11) is 0. The highest BCUT2D eigenvalue weighted by molar-refractivity contribution is 6.28. The Bertz CT molecular complexity index is 728. The van der Waals surface area contributed by atoms with Crippen molar-refractivity contribution >= 4 is 11.6 Å². The zero-order valence-electron chi connectivity index (χ0n) is 12.9. The van der Waals surface area contributed by atoms with Crippen molar-refractivity contribution in [3.63, 3.8) is 0 Å². The second-order valence-electron chi connectivity index (χ2n) is 5.89. The number of ketones is 2. The number of fused-ring (bicyclic) bond motifs is 2. The van der Waals surface area contributed by atoms with Gasteiger partial charge < -0.3 is 0 Å². The minimum atomic E-state index is -0.0391. The molecule has 1 aliphatic carbocycles. The second-order valence-corrected chi connectivity index (χ2v) is 5.89. The SMILES string of the molecule is CCCCCCc1ccc2c(c1)C(=O)c1ccccc1C2=O. The van der Waals surface area contributed by atoms with Gasteiger partial charge in [-0.2, -0.15) is 0 Å². The molecule has 0 aromatic heterocycles. The van der Waals surface area contributed by atoms with Gasteiger partial charge in [0.1, 0.15) is 0 Å². The maximum Gasteiger partial charge on any atom is 0.194 e. The fourth-order valence-corrected chi connectivity index (χ4v) is 3.06. The molecule has 1 aliphatic rings. The lowest BCUT2D eigenvalue weighted by Crippen LogP contribution is -2.20. The minimum Gasteiger partial charge on any atom is -0.289 e. The van der Waals surface area contributed by atoms with Crippen LogP contribution in [0.4, 0.5) is 0 Å². The van der Waals surface area contributed by atoms with E-state index in [0.717, 1.165) is 18.4 Å². The van der Waals surface area contributed by atoms with Crippen LogP contribution >= 0.6 is 0 Å². The highest BCUT2D eigenvalue weighted by atomic mass is 16.1. The summed E-state index contributed by atoms with van der Waals surface area (Å²) in [6.45, 7) is 2.20. The average molecular weight is 292 g/mol. The van der Waals surface area contributed by atoms with Crippen LogP contribution in [0.3, 0.4) is 0 Å². The van der Waals surface area contributed by atoms with Gasteiger partial charge in [-0.25, -0.2) is 0 Å². The maximum absolute atomic E-state index is 12.6. The Hall–Kier alpha value is -2.22. The van der Waals surface area contributed by atoms with E-state index in [-0.39, 0.29) is 11.6 Å². The molecule has 0 saturated carbocycles. The molecule has 0 atom stereocenters. The van der Waals surface area contributed by atoms with Crippen molar-refractivity contribution in [2.75, 3.05) is 0 Å². The molecule has 112 valence electrons. The molecule has 0 fully saturated rings. The molecule has 2 heteroatoms. The van der Waals surface area contributed by atoms with E-state index in [1.165, 1.54) is 19.3 Å². The summed E-state index contributed by atoms with van der Waals surface area (Å²) in [5, 5.41) is 0. The molecule has 2 aromatic carbocycles. The fourth-order valence-electron chi connectivity index (χ4n) is 3.06. The standard InChI is InChI=1S/C20H20O2/c1-2-3-4-5-8-14-11-12-17-18(13-14)20(22)16-10-7-6-9-15(16)19(17)21/h6-7,9-13H,2-5,8H2,1H3. The third-order valence-corrected chi connectivity index (χ3v) is 4.31. The van der Waals surface area contributed by atoms with Crippen LogP contribution in [0.1, 0.15) is 70.0 Å². The van der Waals surface area contributed by atoms with Crippen molar-refractivity contribution in [2.24, 2.45) is 0 Å². The number of rotatable bonds is 5. The summed E-state index contributed by atoms with van der Waals surface area (Å²) in [4.78, 5) is 25.1. The number of unbranched alkanes of at least 4 members (excludes halogenated alkanes) is 3. The van der Waals surface area contributed by atoms with E-state index in [2.05, 4.69) is 6.92 Å². The number of benzene rings is 2. The third-order valence-electron chi connectivity index (χ3n) is 4.31. The van der Waals surface area contributed by atoms with E-state index >= 15 is 0 Å². The molecule has 0 amide bonds. The van der Waals surface area contributed by atoms with Gasteiger partial charge in [-0.15, -0.1) is 0 Å². The van der Waals surface area contributed by atoms with Gasteiger partial charge in [-0.3, -0.25) is 9.59 Å². The first-order chi connectivity index (χ1) is 10.7. The second kappa shape index (κ2) is 6.27.